The topological polar surface area (TPSA) is 57.8 Å². The van der Waals surface area contributed by atoms with Crippen molar-refractivity contribution in [3.05, 3.63) is 60.4 Å². The van der Waals surface area contributed by atoms with Gasteiger partial charge in [0.25, 0.3) is 0 Å². The molecule has 110 valence electrons. The van der Waals surface area contributed by atoms with E-state index in [-0.39, 0.29) is 5.91 Å². The van der Waals surface area contributed by atoms with E-state index in [1.54, 1.807) is 6.08 Å². The highest BCUT2D eigenvalue weighted by Gasteiger charge is 2.06. The third kappa shape index (κ3) is 2.76. The van der Waals surface area contributed by atoms with Crippen molar-refractivity contribution in [3.63, 3.8) is 0 Å². The van der Waals surface area contributed by atoms with E-state index in [1.807, 2.05) is 43.6 Å². The van der Waals surface area contributed by atoms with Gasteiger partial charge in [0.2, 0.25) is 5.91 Å². The van der Waals surface area contributed by atoms with Gasteiger partial charge in [-0.2, -0.15) is 0 Å². The number of anilines is 1. The molecule has 0 fully saturated rings. The predicted octanol–water partition coefficient (Wildman–Crippen LogP) is 4.05. The van der Waals surface area contributed by atoms with Crippen molar-refractivity contribution in [2.75, 3.05) is 5.32 Å². The van der Waals surface area contributed by atoms with Gasteiger partial charge in [-0.3, -0.25) is 4.79 Å². The quantitative estimate of drug-likeness (QED) is 0.715. The Morgan fingerprint density at radius 1 is 1.27 bits per heavy atom. The third-order valence-corrected chi connectivity index (χ3v) is 3.52. The molecule has 2 heterocycles. The maximum Gasteiger partial charge on any atom is 0.248 e. The predicted molar refractivity (Wildman–Crippen MR) is 89.7 cm³/mol. The SMILES string of the molecule is C/C=C/C(=O)Nc1cccc(-c2cnc3[nH]cc(C)c3c2)c1. The van der Waals surface area contributed by atoms with Crippen molar-refractivity contribution in [3.8, 4) is 11.1 Å². The molecule has 2 aromatic heterocycles. The van der Waals surface area contributed by atoms with Crippen LogP contribution in [-0.2, 0) is 4.79 Å². The molecule has 1 aromatic carbocycles. The lowest BCUT2D eigenvalue weighted by Crippen LogP contribution is -2.07. The fourth-order valence-corrected chi connectivity index (χ4v) is 2.40. The summed E-state index contributed by atoms with van der Waals surface area (Å²) in [7, 11) is 0. The molecule has 4 nitrogen and oxygen atoms in total. The highest BCUT2D eigenvalue weighted by Crippen LogP contribution is 2.26. The van der Waals surface area contributed by atoms with E-state index in [9.17, 15) is 4.79 Å². The van der Waals surface area contributed by atoms with E-state index in [4.69, 9.17) is 0 Å². The van der Waals surface area contributed by atoms with Crippen LogP contribution in [0.25, 0.3) is 22.2 Å². The minimum atomic E-state index is -0.130. The van der Waals surface area contributed by atoms with E-state index in [0.29, 0.717) is 0 Å². The molecule has 0 unspecified atom stereocenters. The number of H-pyrrole nitrogens is 1. The van der Waals surface area contributed by atoms with Crippen LogP contribution >= 0.6 is 0 Å². The number of aromatic amines is 1. The lowest BCUT2D eigenvalue weighted by molar-refractivity contribution is -0.111. The molecule has 2 N–H and O–H groups in total. The molecular formula is C18H17N3O. The minimum absolute atomic E-state index is 0.130. The number of carbonyl (C=O) groups is 1. The Hall–Kier alpha value is -2.88. The summed E-state index contributed by atoms with van der Waals surface area (Å²) in [5.74, 6) is -0.130. The fourth-order valence-electron chi connectivity index (χ4n) is 2.40. The number of aromatic nitrogens is 2. The first-order valence-electron chi connectivity index (χ1n) is 7.15. The minimum Gasteiger partial charge on any atom is -0.346 e. The molecule has 3 rings (SSSR count). The number of amides is 1. The van der Waals surface area contributed by atoms with Crippen LogP contribution < -0.4 is 5.32 Å². The van der Waals surface area contributed by atoms with Crippen molar-refractivity contribution in [2.45, 2.75) is 13.8 Å². The summed E-state index contributed by atoms with van der Waals surface area (Å²) in [4.78, 5) is 19.2. The van der Waals surface area contributed by atoms with Crippen LogP contribution in [0.5, 0.6) is 0 Å². The zero-order valence-corrected chi connectivity index (χ0v) is 12.6. The second-order valence-corrected chi connectivity index (χ2v) is 5.16. The summed E-state index contributed by atoms with van der Waals surface area (Å²) in [6.45, 7) is 3.87. The Bertz CT molecular complexity index is 862. The molecule has 4 heteroatoms. The molecule has 0 atom stereocenters. The second-order valence-electron chi connectivity index (χ2n) is 5.16. The second kappa shape index (κ2) is 5.85. The van der Waals surface area contributed by atoms with Gasteiger partial charge in [-0.1, -0.05) is 18.2 Å². The average molecular weight is 291 g/mol. The number of rotatable bonds is 3. The van der Waals surface area contributed by atoms with Crippen molar-refractivity contribution >= 4 is 22.6 Å². The van der Waals surface area contributed by atoms with Crippen molar-refractivity contribution < 1.29 is 4.79 Å². The molecule has 22 heavy (non-hydrogen) atoms. The Kier molecular flexibility index (Phi) is 3.74. The van der Waals surface area contributed by atoms with Gasteiger partial charge in [-0.15, -0.1) is 0 Å². The number of nitrogens with one attached hydrogen (secondary N) is 2. The van der Waals surface area contributed by atoms with E-state index < -0.39 is 0 Å². The molecule has 0 aliphatic heterocycles. The maximum absolute atomic E-state index is 11.6. The normalized spacial score (nSPS) is 11.2. The van der Waals surface area contributed by atoms with Gasteiger partial charge in [0.05, 0.1) is 0 Å². The first-order chi connectivity index (χ1) is 10.7. The Balaban J connectivity index is 1.96. The standard InChI is InChI=1S/C18H17N3O/c1-3-5-17(22)21-15-7-4-6-13(8-15)14-9-16-12(2)10-19-18(16)20-11-14/h3-11H,1-2H3,(H,19,20)(H,21,22)/b5-3+. The molecular weight excluding hydrogens is 274 g/mol. The van der Waals surface area contributed by atoms with E-state index in [2.05, 4.69) is 28.3 Å². The lowest BCUT2D eigenvalue weighted by atomic mass is 10.1. The average Bonchev–Trinajstić information content (AvgIpc) is 2.89. The van der Waals surface area contributed by atoms with Crippen LogP contribution in [-0.4, -0.2) is 15.9 Å². The van der Waals surface area contributed by atoms with E-state index >= 15 is 0 Å². The summed E-state index contributed by atoms with van der Waals surface area (Å²) >= 11 is 0. The van der Waals surface area contributed by atoms with Crippen molar-refractivity contribution in [1.29, 1.82) is 0 Å². The monoisotopic (exact) mass is 291 g/mol. The van der Waals surface area contributed by atoms with Gasteiger partial charge < -0.3 is 10.3 Å². The number of nitrogens with zero attached hydrogens (tertiary/aromatic N) is 1. The molecule has 0 saturated carbocycles. The smallest absolute Gasteiger partial charge is 0.248 e. The number of aryl methyl sites for hydroxylation is 1. The van der Waals surface area contributed by atoms with Gasteiger partial charge in [0, 0.05) is 29.0 Å². The maximum atomic E-state index is 11.6. The zero-order valence-electron chi connectivity index (χ0n) is 12.6. The molecule has 0 saturated heterocycles. The van der Waals surface area contributed by atoms with Crippen LogP contribution in [0.2, 0.25) is 0 Å². The number of hydrogen-bond acceptors (Lipinski definition) is 2. The number of carbonyl (C=O) groups excluding carboxylic acids is 1. The summed E-state index contributed by atoms with van der Waals surface area (Å²) in [6.07, 6.45) is 7.01. The van der Waals surface area contributed by atoms with Gasteiger partial charge in [-0.25, -0.2) is 4.98 Å². The zero-order chi connectivity index (χ0) is 15.5. The molecule has 0 aliphatic rings. The van der Waals surface area contributed by atoms with Crippen molar-refractivity contribution in [2.24, 2.45) is 0 Å². The van der Waals surface area contributed by atoms with Gasteiger partial charge in [0.1, 0.15) is 5.65 Å². The van der Waals surface area contributed by atoms with E-state index in [1.165, 1.54) is 11.6 Å². The molecule has 0 radical (unpaired) electrons. The summed E-state index contributed by atoms with van der Waals surface area (Å²) in [5, 5.41) is 3.96. The summed E-state index contributed by atoms with van der Waals surface area (Å²) in [5.41, 5.74) is 4.87. The first-order valence-corrected chi connectivity index (χ1v) is 7.15. The first kappa shape index (κ1) is 14.1. The number of pyridine rings is 1. The molecule has 0 aliphatic carbocycles. The summed E-state index contributed by atoms with van der Waals surface area (Å²) < 4.78 is 0. The number of benzene rings is 1. The van der Waals surface area contributed by atoms with Crippen LogP contribution in [0, 0.1) is 6.92 Å². The van der Waals surface area contributed by atoms with Gasteiger partial charge >= 0.3 is 0 Å². The Labute approximate surface area is 128 Å². The number of fused-ring (bicyclic) bond motifs is 1. The Morgan fingerprint density at radius 3 is 2.95 bits per heavy atom. The molecule has 1 amide bonds. The molecule has 3 aromatic rings. The van der Waals surface area contributed by atoms with Crippen molar-refractivity contribution in [1.82, 2.24) is 9.97 Å². The van der Waals surface area contributed by atoms with E-state index in [0.717, 1.165) is 27.8 Å². The number of allylic oxidation sites excluding steroid dienone is 1. The largest absolute Gasteiger partial charge is 0.346 e. The highest BCUT2D eigenvalue weighted by atomic mass is 16.1. The van der Waals surface area contributed by atoms with Crippen LogP contribution in [0.15, 0.2) is 54.9 Å². The molecule has 0 spiro atoms. The van der Waals surface area contributed by atoms with Crippen LogP contribution in [0.1, 0.15) is 12.5 Å². The lowest BCUT2D eigenvalue weighted by Gasteiger charge is -2.06. The Morgan fingerprint density at radius 2 is 2.14 bits per heavy atom. The van der Waals surface area contributed by atoms with Gasteiger partial charge in [-0.05, 0) is 49.2 Å². The summed E-state index contributed by atoms with van der Waals surface area (Å²) in [6, 6.07) is 9.87. The highest BCUT2D eigenvalue weighted by molar-refractivity contribution is 5.99. The van der Waals surface area contributed by atoms with Crippen LogP contribution in [0.4, 0.5) is 5.69 Å². The van der Waals surface area contributed by atoms with Crippen LogP contribution in [0.3, 0.4) is 0 Å². The molecule has 0 bridgehead atoms. The number of hydrogen-bond donors (Lipinski definition) is 2. The third-order valence-electron chi connectivity index (χ3n) is 3.52. The fraction of sp³-hybridized carbons (Fsp3) is 0.111. The van der Waals surface area contributed by atoms with Gasteiger partial charge in [0.15, 0.2) is 0 Å².